The molecule has 0 bridgehead atoms. The Morgan fingerprint density at radius 2 is 1.87 bits per heavy atom. The van der Waals surface area contributed by atoms with Gasteiger partial charge in [0.05, 0.1) is 29.3 Å². The molecule has 1 aliphatic rings. The van der Waals surface area contributed by atoms with Crippen molar-refractivity contribution in [2.24, 2.45) is 0 Å². The molecule has 1 aliphatic heterocycles. The van der Waals surface area contributed by atoms with Gasteiger partial charge in [-0.3, -0.25) is 4.79 Å². The van der Waals surface area contributed by atoms with Crippen LogP contribution in [-0.2, 0) is 17.2 Å². The van der Waals surface area contributed by atoms with Crippen LogP contribution < -0.4 is 10.5 Å². The first-order valence-corrected chi connectivity index (χ1v) is 15.0. The minimum absolute atomic E-state index is 0.00374. The quantitative estimate of drug-likeness (QED) is 0.283. The van der Waals surface area contributed by atoms with Gasteiger partial charge in [0.15, 0.2) is 8.32 Å². The molecule has 3 aromatic rings. The first-order valence-electron chi connectivity index (χ1n) is 12.1. The molecule has 0 fully saturated rings. The molecule has 0 saturated carbocycles. The van der Waals surface area contributed by atoms with Crippen molar-refractivity contribution in [3.63, 3.8) is 0 Å². The maximum Gasteiger partial charge on any atom is 0.416 e. The Morgan fingerprint density at radius 3 is 2.50 bits per heavy atom. The van der Waals surface area contributed by atoms with E-state index in [2.05, 4.69) is 38.8 Å². The zero-order valence-electron chi connectivity index (χ0n) is 22.2. The standard InChI is InChI=1S/C27H31F4N3O3Si/c1-26(2,3)38(5,6)37-13-16-9-15-10-19(20(28)12-21(15)33-24(16)32)25(35)34(4)22-14-36-23-11-17(27(29,30)31)7-8-18(22)23/h7-12,22H,13-14H2,1-6H3,(H2,32,33). The average molecular weight is 550 g/mol. The third kappa shape index (κ3) is 5.21. The molecule has 0 saturated heterocycles. The number of rotatable bonds is 5. The lowest BCUT2D eigenvalue weighted by molar-refractivity contribution is -0.137. The van der Waals surface area contributed by atoms with E-state index < -0.39 is 37.8 Å². The molecular weight excluding hydrogens is 518 g/mol. The number of aromatic nitrogens is 1. The lowest BCUT2D eigenvalue weighted by Crippen LogP contribution is -2.40. The van der Waals surface area contributed by atoms with Crippen LogP contribution in [0.5, 0.6) is 5.75 Å². The lowest BCUT2D eigenvalue weighted by Gasteiger charge is -2.36. The second-order valence-electron chi connectivity index (χ2n) is 11.1. The summed E-state index contributed by atoms with van der Waals surface area (Å²) in [5.41, 5.74) is 6.46. The number of nitrogens with two attached hydrogens (primary N) is 1. The third-order valence-corrected chi connectivity index (χ3v) is 12.0. The van der Waals surface area contributed by atoms with Crippen molar-refractivity contribution in [3.8, 4) is 5.75 Å². The van der Waals surface area contributed by atoms with E-state index >= 15 is 4.39 Å². The number of hydrogen-bond acceptors (Lipinski definition) is 5. The van der Waals surface area contributed by atoms with E-state index in [-0.39, 0.29) is 35.4 Å². The third-order valence-electron chi connectivity index (χ3n) is 7.53. The Labute approximate surface area is 219 Å². The van der Waals surface area contributed by atoms with Crippen molar-refractivity contribution in [1.29, 1.82) is 0 Å². The number of ether oxygens (including phenoxy) is 1. The number of likely N-dealkylation sites (N-methyl/N-ethyl adjacent to an activating group) is 1. The molecule has 0 aliphatic carbocycles. The van der Waals surface area contributed by atoms with Crippen molar-refractivity contribution in [1.82, 2.24) is 9.88 Å². The number of carbonyl (C=O) groups is 1. The molecule has 1 unspecified atom stereocenters. The van der Waals surface area contributed by atoms with Crippen LogP contribution in [0.2, 0.25) is 18.1 Å². The van der Waals surface area contributed by atoms with Gasteiger partial charge < -0.3 is 19.8 Å². The summed E-state index contributed by atoms with van der Waals surface area (Å²) in [7, 11) is -0.603. The van der Waals surface area contributed by atoms with Gasteiger partial charge in [-0.1, -0.05) is 26.8 Å². The molecule has 2 N–H and O–H groups in total. The summed E-state index contributed by atoms with van der Waals surface area (Å²) in [4.78, 5) is 18.9. The Bertz CT molecular complexity index is 1400. The summed E-state index contributed by atoms with van der Waals surface area (Å²) in [5, 5.41) is 0.514. The van der Waals surface area contributed by atoms with Crippen LogP contribution >= 0.6 is 0 Å². The van der Waals surface area contributed by atoms with Crippen LogP contribution in [0.1, 0.15) is 53.9 Å². The van der Waals surface area contributed by atoms with E-state index in [1.165, 1.54) is 24.1 Å². The first kappa shape index (κ1) is 27.8. The van der Waals surface area contributed by atoms with Gasteiger partial charge in [0.1, 0.15) is 24.0 Å². The number of amides is 1. The van der Waals surface area contributed by atoms with Gasteiger partial charge in [0, 0.05) is 29.6 Å². The average Bonchev–Trinajstić information content (AvgIpc) is 3.23. The number of benzene rings is 2. The number of alkyl halides is 3. The van der Waals surface area contributed by atoms with Gasteiger partial charge in [-0.05, 0) is 42.4 Å². The number of pyridine rings is 1. The summed E-state index contributed by atoms with van der Waals surface area (Å²) in [6.07, 6.45) is -4.52. The highest BCUT2D eigenvalue weighted by atomic mass is 28.4. The topological polar surface area (TPSA) is 77.7 Å². The normalized spacial score (nSPS) is 15.9. The van der Waals surface area contributed by atoms with Gasteiger partial charge >= 0.3 is 6.18 Å². The lowest BCUT2D eigenvalue weighted by atomic mass is 10.0. The Morgan fingerprint density at radius 1 is 1.18 bits per heavy atom. The molecule has 0 radical (unpaired) electrons. The fraction of sp³-hybridized carbons (Fsp3) is 0.407. The summed E-state index contributed by atoms with van der Waals surface area (Å²) in [5.74, 6) is -1.14. The number of carbonyl (C=O) groups excluding carboxylic acids is 1. The van der Waals surface area contributed by atoms with E-state index in [4.69, 9.17) is 14.9 Å². The van der Waals surface area contributed by atoms with Crippen LogP contribution in [0.3, 0.4) is 0 Å². The number of hydrogen-bond donors (Lipinski definition) is 1. The van der Waals surface area contributed by atoms with E-state index in [1.807, 2.05) is 0 Å². The van der Waals surface area contributed by atoms with E-state index in [1.54, 1.807) is 6.07 Å². The molecule has 0 spiro atoms. The largest absolute Gasteiger partial charge is 0.491 e. The molecule has 4 rings (SSSR count). The van der Waals surface area contributed by atoms with E-state index in [9.17, 15) is 18.0 Å². The van der Waals surface area contributed by atoms with Crippen molar-refractivity contribution < 1.29 is 31.5 Å². The molecule has 1 amide bonds. The molecule has 38 heavy (non-hydrogen) atoms. The van der Waals surface area contributed by atoms with Crippen LogP contribution in [0.15, 0.2) is 36.4 Å². The number of fused-ring (bicyclic) bond motifs is 2. The summed E-state index contributed by atoms with van der Waals surface area (Å²) in [6, 6.07) is 6.78. The Hall–Kier alpha value is -3.18. The van der Waals surface area contributed by atoms with Crippen molar-refractivity contribution in [2.75, 3.05) is 19.4 Å². The molecule has 6 nitrogen and oxygen atoms in total. The minimum Gasteiger partial charge on any atom is -0.491 e. The van der Waals surface area contributed by atoms with Crippen LogP contribution in [-0.4, -0.2) is 37.8 Å². The zero-order valence-corrected chi connectivity index (χ0v) is 23.2. The summed E-state index contributed by atoms with van der Waals surface area (Å²) >= 11 is 0. The zero-order chi connectivity index (χ0) is 28.2. The van der Waals surface area contributed by atoms with Gasteiger partial charge in [-0.2, -0.15) is 13.2 Å². The second kappa shape index (κ2) is 9.53. The molecule has 204 valence electrons. The highest BCUT2D eigenvalue weighted by Gasteiger charge is 2.38. The highest BCUT2D eigenvalue weighted by molar-refractivity contribution is 6.74. The van der Waals surface area contributed by atoms with Gasteiger partial charge in [0.2, 0.25) is 0 Å². The monoisotopic (exact) mass is 549 g/mol. The van der Waals surface area contributed by atoms with Crippen molar-refractivity contribution in [2.45, 2.75) is 57.7 Å². The van der Waals surface area contributed by atoms with Gasteiger partial charge in [-0.15, -0.1) is 0 Å². The number of nitrogens with zero attached hydrogens (tertiary/aromatic N) is 2. The fourth-order valence-electron chi connectivity index (χ4n) is 4.03. The van der Waals surface area contributed by atoms with Crippen molar-refractivity contribution >= 4 is 30.9 Å². The Kier molecular flexibility index (Phi) is 6.98. The number of anilines is 1. The minimum atomic E-state index is -4.52. The predicted molar refractivity (Wildman–Crippen MR) is 140 cm³/mol. The van der Waals surface area contributed by atoms with Gasteiger partial charge in [-0.25, -0.2) is 9.37 Å². The van der Waals surface area contributed by atoms with Crippen LogP contribution in [0.4, 0.5) is 23.4 Å². The Balaban J connectivity index is 1.62. The number of nitrogen functional groups attached to an aromatic ring is 1. The van der Waals surface area contributed by atoms with Crippen LogP contribution in [0.25, 0.3) is 10.9 Å². The van der Waals surface area contributed by atoms with E-state index in [0.29, 0.717) is 22.0 Å². The molecule has 2 heterocycles. The molecular formula is C27H31F4N3O3Si. The van der Waals surface area contributed by atoms with Crippen LogP contribution in [0, 0.1) is 5.82 Å². The molecule has 1 aromatic heterocycles. The molecule has 11 heteroatoms. The van der Waals surface area contributed by atoms with Gasteiger partial charge in [0.25, 0.3) is 5.91 Å². The maximum absolute atomic E-state index is 15.1. The maximum atomic E-state index is 15.1. The fourth-order valence-corrected chi connectivity index (χ4v) is 4.98. The smallest absolute Gasteiger partial charge is 0.416 e. The molecule has 2 aromatic carbocycles. The second-order valence-corrected chi connectivity index (χ2v) is 15.9. The highest BCUT2D eigenvalue weighted by Crippen LogP contribution is 2.41. The van der Waals surface area contributed by atoms with Crippen molar-refractivity contribution in [3.05, 3.63) is 64.5 Å². The molecule has 1 atom stereocenters. The summed E-state index contributed by atoms with van der Waals surface area (Å²) in [6.45, 7) is 10.8. The first-order chi connectivity index (χ1) is 17.5. The SMILES string of the molecule is CN(C(=O)c1cc2cc(CO[Si](C)(C)C(C)(C)C)c(N)nc2cc1F)C1COc2cc(C(F)(F)F)ccc21. The predicted octanol–water partition coefficient (Wildman–Crippen LogP) is 6.70. The number of halogens is 4. The van der Waals surface area contributed by atoms with E-state index in [0.717, 1.165) is 18.2 Å². The summed E-state index contributed by atoms with van der Waals surface area (Å²) < 4.78 is 66.0.